The zero-order valence-electron chi connectivity index (χ0n) is 9.56. The van der Waals surface area contributed by atoms with Gasteiger partial charge in [-0.25, -0.2) is 0 Å². The van der Waals surface area contributed by atoms with Crippen LogP contribution in [0.3, 0.4) is 0 Å². The van der Waals surface area contributed by atoms with Gasteiger partial charge in [0.1, 0.15) is 12.4 Å². The van der Waals surface area contributed by atoms with Crippen LogP contribution >= 0.6 is 15.9 Å². The molecule has 0 bridgehead atoms. The molecule has 0 amide bonds. The van der Waals surface area contributed by atoms with Gasteiger partial charge in [-0.2, -0.15) is 0 Å². The second-order valence-corrected chi connectivity index (χ2v) is 4.10. The Kier molecular flexibility index (Phi) is 5.72. The van der Waals surface area contributed by atoms with Gasteiger partial charge in [-0.3, -0.25) is 4.99 Å². The van der Waals surface area contributed by atoms with Crippen molar-refractivity contribution in [2.75, 3.05) is 20.3 Å². The molecule has 0 saturated heterocycles. The molecule has 17 heavy (non-hydrogen) atoms. The monoisotopic (exact) mass is 298 g/mol. The fraction of sp³-hybridized carbons (Fsp3) is 0.250. The molecule has 0 spiro atoms. The van der Waals surface area contributed by atoms with Gasteiger partial charge in [-0.1, -0.05) is 0 Å². The van der Waals surface area contributed by atoms with Crippen LogP contribution in [-0.2, 0) is 0 Å². The number of allylic oxidation sites excluding steroid dienone is 1. The van der Waals surface area contributed by atoms with Crippen LogP contribution in [0.5, 0.6) is 5.75 Å². The van der Waals surface area contributed by atoms with E-state index in [0.29, 0.717) is 11.4 Å². The second kappa shape index (κ2) is 7.09. The molecule has 0 saturated carbocycles. The van der Waals surface area contributed by atoms with Crippen LogP contribution in [-0.4, -0.2) is 31.6 Å². The minimum atomic E-state index is 0.00229. The van der Waals surface area contributed by atoms with Crippen LogP contribution in [0.2, 0.25) is 0 Å². The average Bonchev–Trinajstić information content (AvgIpc) is 2.36. The van der Waals surface area contributed by atoms with Crippen LogP contribution in [0.4, 0.5) is 0 Å². The lowest BCUT2D eigenvalue weighted by Gasteiger charge is -2.06. The Bertz CT molecular complexity index is 413. The first kappa shape index (κ1) is 13.7. The first-order valence-electron chi connectivity index (χ1n) is 5.10. The molecular weight excluding hydrogens is 284 g/mol. The molecule has 0 radical (unpaired) electrons. The number of halogens is 1. The highest BCUT2D eigenvalue weighted by atomic mass is 79.9. The molecule has 0 aliphatic carbocycles. The van der Waals surface area contributed by atoms with Crippen molar-refractivity contribution in [3.63, 3.8) is 0 Å². The van der Waals surface area contributed by atoms with Crippen LogP contribution in [0.25, 0.3) is 5.70 Å². The third-order valence-corrected chi connectivity index (χ3v) is 2.66. The van der Waals surface area contributed by atoms with E-state index in [9.17, 15) is 0 Å². The smallest absolute Gasteiger partial charge is 0.119 e. The molecule has 0 unspecified atom stereocenters. The maximum atomic E-state index is 8.63. The van der Waals surface area contributed by atoms with Gasteiger partial charge in [-0.05, 0) is 45.8 Å². The molecule has 0 aliphatic rings. The summed E-state index contributed by atoms with van der Waals surface area (Å²) in [6, 6.07) is 7.32. The molecule has 0 heterocycles. The van der Waals surface area contributed by atoms with E-state index in [2.05, 4.69) is 20.9 Å². The number of hydrogen-bond acceptors (Lipinski definition) is 4. The van der Waals surface area contributed by atoms with Gasteiger partial charge in [0.15, 0.2) is 0 Å². The number of aliphatic hydroxyl groups is 1. The minimum Gasteiger partial charge on any atom is -0.491 e. The van der Waals surface area contributed by atoms with Crippen molar-refractivity contribution < 1.29 is 9.84 Å². The number of ether oxygens (including phenoxy) is 1. The van der Waals surface area contributed by atoms with Crippen LogP contribution in [0.1, 0.15) is 5.56 Å². The maximum absolute atomic E-state index is 8.63. The number of nitrogens with two attached hydrogens (primary N) is 1. The minimum absolute atomic E-state index is 0.00229. The number of rotatable bonds is 5. The van der Waals surface area contributed by atoms with E-state index < -0.39 is 0 Å². The fourth-order valence-electron chi connectivity index (χ4n) is 1.21. The highest BCUT2D eigenvalue weighted by Crippen LogP contribution is 2.20. The van der Waals surface area contributed by atoms with Crippen molar-refractivity contribution in [2.45, 2.75) is 0 Å². The van der Waals surface area contributed by atoms with Gasteiger partial charge in [-0.15, -0.1) is 0 Å². The zero-order valence-corrected chi connectivity index (χ0v) is 11.1. The lowest BCUT2D eigenvalue weighted by Crippen LogP contribution is -2.02. The van der Waals surface area contributed by atoms with E-state index in [1.165, 1.54) is 0 Å². The van der Waals surface area contributed by atoms with Gasteiger partial charge in [0.2, 0.25) is 0 Å². The SMILES string of the molecule is CN=CC(Br)=C(N)c1ccc(OCCO)cc1. The number of aliphatic hydroxyl groups excluding tert-OH is 1. The van der Waals surface area contributed by atoms with E-state index in [0.717, 1.165) is 10.0 Å². The standard InChI is InChI=1S/C12H15BrN2O2/c1-15-8-11(13)12(14)9-2-4-10(5-3-9)17-7-6-16/h2-5,8,16H,6-7,14H2,1H3. The van der Waals surface area contributed by atoms with Gasteiger partial charge >= 0.3 is 0 Å². The van der Waals surface area contributed by atoms with E-state index in [4.69, 9.17) is 15.6 Å². The zero-order chi connectivity index (χ0) is 12.7. The van der Waals surface area contributed by atoms with Crippen molar-refractivity contribution in [1.29, 1.82) is 0 Å². The molecule has 3 N–H and O–H groups in total. The van der Waals surface area contributed by atoms with Gasteiger partial charge in [0.05, 0.1) is 16.8 Å². The summed E-state index contributed by atoms with van der Waals surface area (Å²) in [5, 5.41) is 8.63. The lowest BCUT2D eigenvalue weighted by molar-refractivity contribution is 0.201. The van der Waals surface area contributed by atoms with Crippen molar-refractivity contribution in [1.82, 2.24) is 0 Å². The van der Waals surface area contributed by atoms with Gasteiger partial charge in [0, 0.05) is 13.3 Å². The second-order valence-electron chi connectivity index (χ2n) is 3.25. The number of benzene rings is 1. The Hall–Kier alpha value is -1.33. The molecule has 1 aromatic rings. The molecule has 1 rings (SSSR count). The number of hydrogen-bond donors (Lipinski definition) is 2. The molecule has 0 aliphatic heterocycles. The number of nitrogens with zero attached hydrogens (tertiary/aromatic N) is 1. The van der Waals surface area contributed by atoms with Crippen molar-refractivity contribution in [3.8, 4) is 5.75 Å². The highest BCUT2D eigenvalue weighted by Gasteiger charge is 2.02. The highest BCUT2D eigenvalue weighted by molar-refractivity contribution is 9.12. The van der Waals surface area contributed by atoms with Crippen molar-refractivity contribution in [3.05, 3.63) is 34.3 Å². The Labute approximate surface area is 109 Å². The van der Waals surface area contributed by atoms with Crippen LogP contribution in [0.15, 0.2) is 33.7 Å². The molecule has 0 aromatic heterocycles. The van der Waals surface area contributed by atoms with Gasteiger partial charge < -0.3 is 15.6 Å². The van der Waals surface area contributed by atoms with E-state index >= 15 is 0 Å². The molecule has 0 atom stereocenters. The summed E-state index contributed by atoms with van der Waals surface area (Å²) in [6.07, 6.45) is 1.64. The molecule has 0 fully saturated rings. The fourth-order valence-corrected chi connectivity index (χ4v) is 1.65. The Balaban J connectivity index is 2.83. The summed E-state index contributed by atoms with van der Waals surface area (Å²) in [4.78, 5) is 3.88. The average molecular weight is 299 g/mol. The summed E-state index contributed by atoms with van der Waals surface area (Å²) < 4.78 is 5.99. The third kappa shape index (κ3) is 4.20. The van der Waals surface area contributed by atoms with E-state index in [-0.39, 0.29) is 13.2 Å². The quantitative estimate of drug-likeness (QED) is 0.814. The van der Waals surface area contributed by atoms with Crippen molar-refractivity contribution >= 4 is 27.8 Å². The first-order valence-corrected chi connectivity index (χ1v) is 5.90. The predicted octanol–water partition coefficient (Wildman–Crippen LogP) is 1.78. The topological polar surface area (TPSA) is 67.8 Å². The Morgan fingerprint density at radius 3 is 2.65 bits per heavy atom. The van der Waals surface area contributed by atoms with Crippen LogP contribution < -0.4 is 10.5 Å². The normalized spacial score (nSPS) is 12.6. The lowest BCUT2D eigenvalue weighted by atomic mass is 10.1. The molecular formula is C12H15BrN2O2. The summed E-state index contributed by atoms with van der Waals surface area (Å²) in [5.74, 6) is 0.705. The van der Waals surface area contributed by atoms with Crippen molar-refractivity contribution in [2.24, 2.45) is 10.7 Å². The van der Waals surface area contributed by atoms with E-state index in [1.54, 1.807) is 25.4 Å². The Morgan fingerprint density at radius 1 is 1.47 bits per heavy atom. The predicted molar refractivity (Wildman–Crippen MR) is 73.5 cm³/mol. The molecule has 1 aromatic carbocycles. The summed E-state index contributed by atoms with van der Waals surface area (Å²) in [7, 11) is 1.68. The van der Waals surface area contributed by atoms with Crippen LogP contribution in [0, 0.1) is 0 Å². The third-order valence-electron chi connectivity index (χ3n) is 2.03. The summed E-state index contributed by atoms with van der Waals surface area (Å²) in [6.45, 7) is 0.291. The van der Waals surface area contributed by atoms with Gasteiger partial charge in [0.25, 0.3) is 0 Å². The van der Waals surface area contributed by atoms with E-state index in [1.807, 2.05) is 12.1 Å². The molecule has 4 nitrogen and oxygen atoms in total. The summed E-state index contributed by atoms with van der Waals surface area (Å²) >= 11 is 3.34. The maximum Gasteiger partial charge on any atom is 0.119 e. The summed E-state index contributed by atoms with van der Waals surface area (Å²) in [5.41, 5.74) is 7.43. The molecule has 92 valence electrons. The Morgan fingerprint density at radius 2 is 2.12 bits per heavy atom. The molecule has 5 heteroatoms. The number of aliphatic imine (C=N–C) groups is 1. The largest absolute Gasteiger partial charge is 0.491 e. The first-order chi connectivity index (χ1) is 8.19.